The fourth-order valence-corrected chi connectivity index (χ4v) is 3.78. The molecular formula is C30H21ClF3N3O2. The molecule has 0 aliphatic rings. The van der Waals surface area contributed by atoms with Crippen LogP contribution in [0.4, 0.5) is 24.5 Å². The first kappa shape index (κ1) is 27.3. The molecule has 0 fully saturated rings. The molecule has 0 aliphatic carbocycles. The van der Waals surface area contributed by atoms with Crippen LogP contribution in [0.5, 0.6) is 0 Å². The maximum absolute atomic E-state index is 13.2. The average molecular weight is 548 g/mol. The molecule has 3 N–H and O–H groups in total. The van der Waals surface area contributed by atoms with Crippen LogP contribution in [-0.2, 0) is 0 Å². The van der Waals surface area contributed by atoms with Gasteiger partial charge in [-0.15, -0.1) is 0 Å². The van der Waals surface area contributed by atoms with Gasteiger partial charge in [0.05, 0.1) is 22.1 Å². The van der Waals surface area contributed by atoms with Crippen LogP contribution in [0, 0.1) is 0 Å². The molecule has 0 heterocycles. The molecule has 0 saturated heterocycles. The van der Waals surface area contributed by atoms with Crippen LogP contribution < -0.4 is 11.1 Å². The van der Waals surface area contributed by atoms with Gasteiger partial charge in [-0.2, -0.15) is 13.2 Å². The smallest absolute Gasteiger partial charge is 0.395 e. The van der Waals surface area contributed by atoms with Gasteiger partial charge in [-0.25, -0.2) is 4.99 Å². The summed E-state index contributed by atoms with van der Waals surface area (Å²) in [4.78, 5) is 30.2. The van der Waals surface area contributed by atoms with Gasteiger partial charge < -0.3 is 11.1 Å². The molecule has 9 heteroatoms. The van der Waals surface area contributed by atoms with E-state index in [1.54, 1.807) is 78.9 Å². The Morgan fingerprint density at radius 2 is 1.36 bits per heavy atom. The SMILES string of the molecule is NC(=CC(=Nc1ccccc1Cl)c1ccc(C(=O)Nc2ccccc2C(=O)c2ccccc2)cc1)C(F)(F)F. The predicted molar refractivity (Wildman–Crippen MR) is 147 cm³/mol. The van der Waals surface area contributed by atoms with Gasteiger partial charge in [0.1, 0.15) is 5.70 Å². The molecule has 4 aromatic rings. The van der Waals surface area contributed by atoms with Gasteiger partial charge in [0, 0.05) is 22.3 Å². The maximum Gasteiger partial charge on any atom is 0.430 e. The zero-order valence-corrected chi connectivity index (χ0v) is 21.0. The number of aliphatic imine (C=N–C) groups is 1. The van der Waals surface area contributed by atoms with E-state index in [0.29, 0.717) is 22.9 Å². The molecule has 4 aromatic carbocycles. The Labute approximate surface area is 227 Å². The lowest BCUT2D eigenvalue weighted by atomic mass is 10.0. The Balaban J connectivity index is 1.62. The highest BCUT2D eigenvalue weighted by molar-refractivity contribution is 6.33. The lowest BCUT2D eigenvalue weighted by Crippen LogP contribution is -2.21. The van der Waals surface area contributed by atoms with Crippen LogP contribution in [0.15, 0.2) is 120 Å². The van der Waals surface area contributed by atoms with E-state index < -0.39 is 17.8 Å². The second-order valence-corrected chi connectivity index (χ2v) is 8.73. The minimum absolute atomic E-state index is 0.0938. The predicted octanol–water partition coefficient (Wildman–Crippen LogP) is 7.35. The number of rotatable bonds is 7. The molecular weight excluding hydrogens is 527 g/mol. The molecule has 0 aliphatic heterocycles. The van der Waals surface area contributed by atoms with Crippen molar-refractivity contribution in [3.05, 3.63) is 142 Å². The Morgan fingerprint density at radius 1 is 0.769 bits per heavy atom. The largest absolute Gasteiger partial charge is 0.430 e. The van der Waals surface area contributed by atoms with Gasteiger partial charge in [-0.05, 0) is 42.5 Å². The fraction of sp³-hybridized carbons (Fsp3) is 0.0333. The molecule has 0 unspecified atom stereocenters. The number of alkyl halides is 3. The Kier molecular flexibility index (Phi) is 8.27. The van der Waals surface area contributed by atoms with Crippen molar-refractivity contribution in [2.24, 2.45) is 10.7 Å². The number of para-hydroxylation sites is 2. The molecule has 0 aromatic heterocycles. The van der Waals surface area contributed by atoms with Gasteiger partial charge in [0.25, 0.3) is 5.91 Å². The van der Waals surface area contributed by atoms with E-state index in [9.17, 15) is 22.8 Å². The van der Waals surface area contributed by atoms with Gasteiger partial charge in [-0.3, -0.25) is 9.59 Å². The molecule has 5 nitrogen and oxygen atoms in total. The summed E-state index contributed by atoms with van der Waals surface area (Å²) >= 11 is 6.14. The first-order chi connectivity index (χ1) is 18.6. The zero-order valence-electron chi connectivity index (χ0n) is 20.2. The quantitative estimate of drug-likeness (QED) is 0.187. The van der Waals surface area contributed by atoms with E-state index in [2.05, 4.69) is 10.3 Å². The molecule has 0 bridgehead atoms. The van der Waals surface area contributed by atoms with Crippen molar-refractivity contribution in [1.29, 1.82) is 0 Å². The number of carbonyl (C=O) groups is 2. The Hall–Kier alpha value is -4.69. The highest BCUT2D eigenvalue weighted by Crippen LogP contribution is 2.27. The average Bonchev–Trinajstić information content (AvgIpc) is 2.93. The molecule has 0 saturated carbocycles. The van der Waals surface area contributed by atoms with Crippen LogP contribution >= 0.6 is 11.6 Å². The second-order valence-electron chi connectivity index (χ2n) is 8.32. The van der Waals surface area contributed by atoms with Gasteiger partial charge in [0.2, 0.25) is 0 Å². The fourth-order valence-electron chi connectivity index (χ4n) is 3.60. The Morgan fingerprint density at radius 3 is 2.03 bits per heavy atom. The van der Waals surface area contributed by atoms with Crippen LogP contribution in [0.2, 0.25) is 5.02 Å². The number of nitrogens with zero attached hydrogens (tertiary/aromatic N) is 1. The minimum Gasteiger partial charge on any atom is -0.395 e. The minimum atomic E-state index is -4.76. The standard InChI is InChI=1S/C30H21ClF3N3O2/c31-23-11-5-7-13-25(23)36-26(18-27(35)30(32,33)34)19-14-16-21(17-15-19)29(39)37-24-12-6-4-10-22(24)28(38)20-8-2-1-3-9-20/h1-18H,35H2,(H,37,39). The maximum atomic E-state index is 13.2. The van der Waals surface area contributed by atoms with Crippen molar-refractivity contribution < 1.29 is 22.8 Å². The number of nitrogens with one attached hydrogen (secondary N) is 1. The molecule has 1 amide bonds. The summed E-state index contributed by atoms with van der Waals surface area (Å²) in [5, 5.41) is 2.98. The van der Waals surface area contributed by atoms with Crippen LogP contribution in [-0.4, -0.2) is 23.6 Å². The van der Waals surface area contributed by atoms with E-state index >= 15 is 0 Å². The third-order valence-electron chi connectivity index (χ3n) is 5.61. The van der Waals surface area contributed by atoms with Crippen molar-refractivity contribution in [3.63, 3.8) is 0 Å². The van der Waals surface area contributed by atoms with E-state index in [1.165, 1.54) is 24.3 Å². The van der Waals surface area contributed by atoms with Crippen LogP contribution in [0.1, 0.15) is 31.8 Å². The lowest BCUT2D eigenvalue weighted by molar-refractivity contribution is -0.0925. The summed E-state index contributed by atoms with van der Waals surface area (Å²) in [6.07, 6.45) is -4.05. The molecule has 196 valence electrons. The van der Waals surface area contributed by atoms with E-state index in [1.807, 2.05) is 0 Å². The lowest BCUT2D eigenvalue weighted by Gasteiger charge is -2.12. The van der Waals surface area contributed by atoms with E-state index in [4.69, 9.17) is 17.3 Å². The number of allylic oxidation sites excluding steroid dienone is 2. The number of anilines is 1. The monoisotopic (exact) mass is 547 g/mol. The summed E-state index contributed by atoms with van der Waals surface area (Å²) in [7, 11) is 0. The number of hydrogen-bond donors (Lipinski definition) is 2. The normalized spacial score (nSPS) is 12.2. The molecule has 4 rings (SSSR count). The summed E-state index contributed by atoms with van der Waals surface area (Å²) in [6.45, 7) is 0. The summed E-state index contributed by atoms with van der Waals surface area (Å²) < 4.78 is 39.5. The molecule has 39 heavy (non-hydrogen) atoms. The third-order valence-corrected chi connectivity index (χ3v) is 5.93. The van der Waals surface area contributed by atoms with Crippen molar-refractivity contribution in [1.82, 2.24) is 0 Å². The van der Waals surface area contributed by atoms with Gasteiger partial charge >= 0.3 is 6.18 Å². The van der Waals surface area contributed by atoms with Gasteiger partial charge in [0.15, 0.2) is 5.78 Å². The first-order valence-corrected chi connectivity index (χ1v) is 12.0. The second kappa shape index (κ2) is 11.8. The number of nitrogens with two attached hydrogens (primary N) is 1. The number of ketones is 1. The van der Waals surface area contributed by atoms with Gasteiger partial charge in [-0.1, -0.05) is 78.3 Å². The third kappa shape index (κ3) is 6.80. The summed E-state index contributed by atoms with van der Waals surface area (Å²) in [6, 6.07) is 27.5. The van der Waals surface area contributed by atoms with Crippen molar-refractivity contribution >= 4 is 40.4 Å². The van der Waals surface area contributed by atoms with Crippen molar-refractivity contribution in [3.8, 4) is 0 Å². The highest BCUT2D eigenvalue weighted by Gasteiger charge is 2.31. The zero-order chi connectivity index (χ0) is 28.0. The summed E-state index contributed by atoms with van der Waals surface area (Å²) in [5.74, 6) is -0.763. The van der Waals surface area contributed by atoms with Crippen LogP contribution in [0.3, 0.4) is 0 Å². The number of benzene rings is 4. The first-order valence-electron chi connectivity index (χ1n) is 11.6. The molecule has 0 radical (unpaired) electrons. The van der Waals surface area contributed by atoms with Crippen molar-refractivity contribution in [2.75, 3.05) is 5.32 Å². The van der Waals surface area contributed by atoms with Crippen LogP contribution in [0.25, 0.3) is 0 Å². The van der Waals surface area contributed by atoms with E-state index in [0.717, 1.165) is 0 Å². The van der Waals surface area contributed by atoms with E-state index in [-0.39, 0.29) is 33.3 Å². The number of amides is 1. The number of hydrogen-bond acceptors (Lipinski definition) is 4. The number of carbonyl (C=O) groups excluding carboxylic acids is 2. The molecule has 0 atom stereocenters. The Bertz CT molecular complexity index is 1560. The summed E-state index contributed by atoms with van der Waals surface area (Å²) in [5.41, 5.74) is 5.67. The number of halogens is 4. The van der Waals surface area contributed by atoms with Crippen molar-refractivity contribution in [2.45, 2.75) is 6.18 Å². The topological polar surface area (TPSA) is 84.5 Å². The molecule has 0 spiro atoms. The highest BCUT2D eigenvalue weighted by atomic mass is 35.5.